The van der Waals surface area contributed by atoms with Crippen LogP contribution in [0, 0.1) is 11.8 Å². The van der Waals surface area contributed by atoms with Crippen LogP contribution in [-0.2, 0) is 4.79 Å². The summed E-state index contributed by atoms with van der Waals surface area (Å²) in [4.78, 5) is 13.5. The van der Waals surface area contributed by atoms with E-state index in [9.17, 15) is 4.79 Å². The number of rotatable bonds is 7. The zero-order valence-corrected chi connectivity index (χ0v) is 13.5. The molecule has 2 unspecified atom stereocenters. The van der Waals surface area contributed by atoms with Gasteiger partial charge in [-0.1, -0.05) is 26.2 Å². The molecule has 0 spiro atoms. The monoisotopic (exact) mass is 296 g/mol. The van der Waals surface area contributed by atoms with Gasteiger partial charge in [0.2, 0.25) is 0 Å². The van der Waals surface area contributed by atoms with Crippen LogP contribution in [0.1, 0.15) is 58.3 Å². The first-order valence-corrected chi connectivity index (χ1v) is 8.85. The third-order valence-corrected chi connectivity index (χ3v) is 5.04. The van der Waals surface area contributed by atoms with Crippen LogP contribution in [0.4, 0.5) is 0 Å². The van der Waals surface area contributed by atoms with Gasteiger partial charge in [0, 0.05) is 25.6 Å². The van der Waals surface area contributed by atoms with Gasteiger partial charge in [0.15, 0.2) is 0 Å². The maximum Gasteiger partial charge on any atom is 0.303 e. The molecule has 4 heteroatoms. The molecule has 1 aliphatic heterocycles. The predicted octanol–water partition coefficient (Wildman–Crippen LogP) is 2.73. The van der Waals surface area contributed by atoms with Gasteiger partial charge in [-0.2, -0.15) is 0 Å². The van der Waals surface area contributed by atoms with Gasteiger partial charge in [-0.25, -0.2) is 0 Å². The molecule has 1 saturated carbocycles. The van der Waals surface area contributed by atoms with E-state index in [2.05, 4.69) is 17.1 Å². The summed E-state index contributed by atoms with van der Waals surface area (Å²) in [6.45, 7) is 6.48. The van der Waals surface area contributed by atoms with E-state index in [0.717, 1.165) is 44.9 Å². The number of nitrogens with zero attached hydrogens (tertiary/aromatic N) is 1. The highest BCUT2D eigenvalue weighted by molar-refractivity contribution is 5.67. The molecule has 2 N–H and O–H groups in total. The van der Waals surface area contributed by atoms with Crippen molar-refractivity contribution in [3.8, 4) is 0 Å². The van der Waals surface area contributed by atoms with E-state index in [-0.39, 0.29) is 0 Å². The second kappa shape index (κ2) is 8.74. The SMILES string of the molecule is CCCN1CC(CC(=O)O)CC(NCC2CCCCC2)C1. The van der Waals surface area contributed by atoms with Crippen LogP contribution < -0.4 is 5.32 Å². The number of carboxylic acid groups (broad SMARTS) is 1. The maximum absolute atomic E-state index is 11.0. The Morgan fingerprint density at radius 3 is 2.62 bits per heavy atom. The lowest BCUT2D eigenvalue weighted by atomic mass is 9.88. The summed E-state index contributed by atoms with van der Waals surface area (Å²) in [5.74, 6) is 0.509. The Bertz CT molecular complexity index is 316. The van der Waals surface area contributed by atoms with Crippen molar-refractivity contribution >= 4 is 5.97 Å². The van der Waals surface area contributed by atoms with E-state index in [1.165, 1.54) is 32.1 Å². The van der Waals surface area contributed by atoms with Gasteiger partial charge in [-0.05, 0) is 50.6 Å². The van der Waals surface area contributed by atoms with Crippen molar-refractivity contribution in [1.82, 2.24) is 10.2 Å². The lowest BCUT2D eigenvalue weighted by Crippen LogP contribution is -2.50. The summed E-state index contributed by atoms with van der Waals surface area (Å²) >= 11 is 0. The smallest absolute Gasteiger partial charge is 0.303 e. The van der Waals surface area contributed by atoms with Gasteiger partial charge in [-0.3, -0.25) is 4.79 Å². The molecule has 1 heterocycles. The molecule has 0 bridgehead atoms. The van der Waals surface area contributed by atoms with Crippen molar-refractivity contribution in [2.75, 3.05) is 26.2 Å². The largest absolute Gasteiger partial charge is 0.481 e. The second-order valence-electron chi connectivity index (χ2n) is 7.07. The van der Waals surface area contributed by atoms with E-state index < -0.39 is 5.97 Å². The zero-order chi connectivity index (χ0) is 15.1. The third-order valence-electron chi connectivity index (χ3n) is 5.04. The number of piperidine rings is 1. The first kappa shape index (κ1) is 16.8. The van der Waals surface area contributed by atoms with Gasteiger partial charge in [0.05, 0.1) is 0 Å². The molecule has 2 atom stereocenters. The van der Waals surface area contributed by atoms with E-state index in [1.807, 2.05) is 0 Å². The zero-order valence-electron chi connectivity index (χ0n) is 13.5. The molecular weight excluding hydrogens is 264 g/mol. The number of hydrogen-bond donors (Lipinski definition) is 2. The number of likely N-dealkylation sites (tertiary alicyclic amines) is 1. The van der Waals surface area contributed by atoms with Crippen molar-refractivity contribution < 1.29 is 9.90 Å². The van der Waals surface area contributed by atoms with E-state index in [1.54, 1.807) is 0 Å². The van der Waals surface area contributed by atoms with Crippen molar-refractivity contribution in [2.45, 2.75) is 64.3 Å². The summed E-state index contributed by atoms with van der Waals surface area (Å²) in [5, 5.41) is 12.8. The van der Waals surface area contributed by atoms with Gasteiger partial charge >= 0.3 is 5.97 Å². The summed E-state index contributed by atoms with van der Waals surface area (Å²) in [7, 11) is 0. The van der Waals surface area contributed by atoms with Crippen LogP contribution >= 0.6 is 0 Å². The summed E-state index contributed by atoms with van der Waals surface area (Å²) < 4.78 is 0. The standard InChI is InChI=1S/C17H32N2O2/c1-2-8-19-12-15(10-17(20)21)9-16(13-19)18-11-14-6-4-3-5-7-14/h14-16,18H,2-13H2,1H3,(H,20,21). The lowest BCUT2D eigenvalue weighted by Gasteiger charge is -2.38. The van der Waals surface area contributed by atoms with E-state index in [4.69, 9.17) is 5.11 Å². The van der Waals surface area contributed by atoms with Crippen molar-refractivity contribution in [3.05, 3.63) is 0 Å². The molecule has 21 heavy (non-hydrogen) atoms. The summed E-state index contributed by atoms with van der Waals surface area (Å²) in [6, 6.07) is 0.483. The summed E-state index contributed by atoms with van der Waals surface area (Å²) in [5.41, 5.74) is 0. The number of carboxylic acids is 1. The van der Waals surface area contributed by atoms with Gasteiger partial charge in [0.25, 0.3) is 0 Å². The summed E-state index contributed by atoms with van der Waals surface area (Å²) in [6.07, 6.45) is 9.43. The van der Waals surface area contributed by atoms with Crippen LogP contribution in [0.5, 0.6) is 0 Å². The van der Waals surface area contributed by atoms with Crippen molar-refractivity contribution in [2.24, 2.45) is 11.8 Å². The highest BCUT2D eigenvalue weighted by atomic mass is 16.4. The van der Waals surface area contributed by atoms with Crippen LogP contribution in [0.2, 0.25) is 0 Å². The second-order valence-corrected chi connectivity index (χ2v) is 7.07. The van der Waals surface area contributed by atoms with Crippen LogP contribution in [-0.4, -0.2) is 48.2 Å². The topological polar surface area (TPSA) is 52.6 Å². The molecule has 0 aromatic carbocycles. The maximum atomic E-state index is 11.0. The number of aliphatic carboxylic acids is 1. The molecule has 2 fully saturated rings. The highest BCUT2D eigenvalue weighted by Gasteiger charge is 2.28. The quantitative estimate of drug-likeness (QED) is 0.758. The van der Waals surface area contributed by atoms with Crippen molar-refractivity contribution in [3.63, 3.8) is 0 Å². The van der Waals surface area contributed by atoms with Crippen LogP contribution in [0.3, 0.4) is 0 Å². The van der Waals surface area contributed by atoms with Gasteiger partial charge < -0.3 is 15.3 Å². The fourth-order valence-electron chi connectivity index (χ4n) is 4.07. The average molecular weight is 296 g/mol. The highest BCUT2D eigenvalue weighted by Crippen LogP contribution is 2.24. The molecule has 122 valence electrons. The first-order chi connectivity index (χ1) is 10.2. The molecule has 2 rings (SSSR count). The minimum atomic E-state index is -0.649. The molecule has 0 aromatic rings. The predicted molar refractivity (Wildman–Crippen MR) is 85.5 cm³/mol. The normalized spacial score (nSPS) is 28.6. The van der Waals surface area contributed by atoms with Crippen LogP contribution in [0.15, 0.2) is 0 Å². The minimum absolute atomic E-state index is 0.312. The minimum Gasteiger partial charge on any atom is -0.481 e. The molecule has 1 saturated heterocycles. The Labute approximate surface area is 129 Å². The molecule has 0 radical (unpaired) electrons. The third kappa shape index (κ3) is 5.95. The Hall–Kier alpha value is -0.610. The van der Waals surface area contributed by atoms with E-state index in [0.29, 0.717) is 18.4 Å². The van der Waals surface area contributed by atoms with Gasteiger partial charge in [0.1, 0.15) is 0 Å². The Morgan fingerprint density at radius 1 is 1.19 bits per heavy atom. The molecule has 0 aromatic heterocycles. The number of nitrogens with one attached hydrogen (secondary N) is 1. The molecule has 2 aliphatic rings. The number of hydrogen-bond acceptors (Lipinski definition) is 3. The first-order valence-electron chi connectivity index (χ1n) is 8.85. The van der Waals surface area contributed by atoms with Crippen LogP contribution in [0.25, 0.3) is 0 Å². The Kier molecular flexibility index (Phi) is 6.97. The fraction of sp³-hybridized carbons (Fsp3) is 0.941. The van der Waals surface area contributed by atoms with Crippen molar-refractivity contribution in [1.29, 1.82) is 0 Å². The van der Waals surface area contributed by atoms with Gasteiger partial charge in [-0.15, -0.1) is 0 Å². The van der Waals surface area contributed by atoms with E-state index >= 15 is 0 Å². The lowest BCUT2D eigenvalue weighted by molar-refractivity contribution is -0.138. The average Bonchev–Trinajstić information content (AvgIpc) is 2.46. The molecule has 1 aliphatic carbocycles. The Balaban J connectivity index is 1.79. The molecular formula is C17H32N2O2. The number of carbonyl (C=O) groups is 1. The fourth-order valence-corrected chi connectivity index (χ4v) is 4.07. The molecule has 0 amide bonds. The molecule has 4 nitrogen and oxygen atoms in total. The Morgan fingerprint density at radius 2 is 1.95 bits per heavy atom.